The van der Waals surface area contributed by atoms with Crippen LogP contribution in [-0.4, -0.2) is 37.6 Å². The molecule has 0 aromatic heterocycles. The van der Waals surface area contributed by atoms with Crippen molar-refractivity contribution in [3.8, 4) is 0 Å². The van der Waals surface area contributed by atoms with Gasteiger partial charge in [0.15, 0.2) is 0 Å². The molecule has 1 aliphatic rings. The van der Waals surface area contributed by atoms with Crippen LogP contribution in [-0.2, 0) is 0 Å². The molecule has 0 amide bonds. The zero-order chi connectivity index (χ0) is 9.19. The van der Waals surface area contributed by atoms with Gasteiger partial charge in [0.2, 0.25) is 0 Å². The molecule has 0 radical (unpaired) electrons. The van der Waals surface area contributed by atoms with Crippen LogP contribution < -0.4 is 5.32 Å². The minimum absolute atomic E-state index is 0.460. The lowest BCUT2D eigenvalue weighted by atomic mass is 9.67. The Labute approximate surface area is 76.3 Å². The van der Waals surface area contributed by atoms with Gasteiger partial charge in [-0.15, -0.1) is 0 Å². The van der Waals surface area contributed by atoms with Gasteiger partial charge in [-0.1, -0.05) is 6.92 Å². The molecule has 12 heavy (non-hydrogen) atoms. The molecular weight excluding hydrogens is 148 g/mol. The molecule has 1 saturated carbocycles. The van der Waals surface area contributed by atoms with Crippen molar-refractivity contribution in [1.82, 2.24) is 10.2 Å². The Kier molecular flexibility index (Phi) is 3.13. The summed E-state index contributed by atoms with van der Waals surface area (Å²) in [4.78, 5) is 2.37. The maximum Gasteiger partial charge on any atom is 0.0215 e. The summed E-state index contributed by atoms with van der Waals surface area (Å²) in [6.45, 7) is 6.83. The minimum atomic E-state index is 0.460. The number of rotatable bonds is 4. The van der Waals surface area contributed by atoms with Crippen LogP contribution in [0.4, 0.5) is 0 Å². The van der Waals surface area contributed by atoms with Gasteiger partial charge in [-0.3, -0.25) is 0 Å². The molecule has 1 aliphatic carbocycles. The molecule has 1 rings (SSSR count). The standard InChI is InChI=1S/C10H22N2/c1-5-11-8-9-6-7-10(9,2)12(3)4/h9,11H,5-8H2,1-4H3. The van der Waals surface area contributed by atoms with Crippen molar-refractivity contribution in [3.63, 3.8) is 0 Å². The Morgan fingerprint density at radius 3 is 2.50 bits per heavy atom. The topological polar surface area (TPSA) is 15.3 Å². The zero-order valence-electron chi connectivity index (χ0n) is 8.85. The number of nitrogens with zero attached hydrogens (tertiary/aromatic N) is 1. The van der Waals surface area contributed by atoms with Gasteiger partial charge >= 0.3 is 0 Å². The van der Waals surface area contributed by atoms with Gasteiger partial charge in [0.25, 0.3) is 0 Å². The van der Waals surface area contributed by atoms with Crippen molar-refractivity contribution in [3.05, 3.63) is 0 Å². The summed E-state index contributed by atoms with van der Waals surface area (Å²) in [5, 5.41) is 3.43. The molecule has 0 aromatic carbocycles. The second-order valence-corrected chi connectivity index (χ2v) is 4.29. The maximum absolute atomic E-state index is 3.43. The summed E-state index contributed by atoms with van der Waals surface area (Å²) < 4.78 is 0. The Bertz CT molecular complexity index is 145. The molecule has 1 N–H and O–H groups in total. The third kappa shape index (κ3) is 1.64. The van der Waals surface area contributed by atoms with E-state index in [1.807, 2.05) is 0 Å². The van der Waals surface area contributed by atoms with Crippen LogP contribution in [0, 0.1) is 5.92 Å². The fraction of sp³-hybridized carbons (Fsp3) is 1.00. The van der Waals surface area contributed by atoms with Gasteiger partial charge in [-0.25, -0.2) is 0 Å². The van der Waals surface area contributed by atoms with E-state index in [9.17, 15) is 0 Å². The molecule has 2 nitrogen and oxygen atoms in total. The molecule has 72 valence electrons. The molecule has 2 unspecified atom stereocenters. The van der Waals surface area contributed by atoms with Crippen LogP contribution in [0.5, 0.6) is 0 Å². The monoisotopic (exact) mass is 170 g/mol. The highest BCUT2D eigenvalue weighted by molar-refractivity contribution is 5.00. The smallest absolute Gasteiger partial charge is 0.0215 e. The van der Waals surface area contributed by atoms with Crippen LogP contribution in [0.1, 0.15) is 26.7 Å². The van der Waals surface area contributed by atoms with E-state index in [-0.39, 0.29) is 0 Å². The van der Waals surface area contributed by atoms with E-state index in [1.165, 1.54) is 19.4 Å². The van der Waals surface area contributed by atoms with Crippen molar-refractivity contribution in [2.75, 3.05) is 27.2 Å². The lowest BCUT2D eigenvalue weighted by molar-refractivity contribution is 0.00485. The highest BCUT2D eigenvalue weighted by Crippen LogP contribution is 2.41. The zero-order valence-corrected chi connectivity index (χ0v) is 8.85. The molecule has 0 aromatic rings. The van der Waals surface area contributed by atoms with Crippen molar-refractivity contribution < 1.29 is 0 Å². The lowest BCUT2D eigenvalue weighted by Crippen LogP contribution is -2.57. The second kappa shape index (κ2) is 3.75. The SMILES string of the molecule is CCNCC1CCC1(C)N(C)C. The van der Waals surface area contributed by atoms with E-state index < -0.39 is 0 Å². The summed E-state index contributed by atoms with van der Waals surface area (Å²) in [5.41, 5.74) is 0.460. The van der Waals surface area contributed by atoms with Crippen LogP contribution in [0.25, 0.3) is 0 Å². The highest BCUT2D eigenvalue weighted by Gasteiger charge is 2.43. The minimum Gasteiger partial charge on any atom is -0.317 e. The molecule has 2 atom stereocenters. The van der Waals surface area contributed by atoms with Gasteiger partial charge in [0.05, 0.1) is 0 Å². The highest BCUT2D eigenvalue weighted by atomic mass is 15.2. The third-order valence-corrected chi connectivity index (χ3v) is 3.54. The largest absolute Gasteiger partial charge is 0.317 e. The summed E-state index contributed by atoms with van der Waals surface area (Å²) in [7, 11) is 4.39. The third-order valence-electron chi connectivity index (χ3n) is 3.54. The maximum atomic E-state index is 3.43. The van der Waals surface area contributed by atoms with Crippen molar-refractivity contribution in [2.24, 2.45) is 5.92 Å². The second-order valence-electron chi connectivity index (χ2n) is 4.29. The van der Waals surface area contributed by atoms with Gasteiger partial charge in [0, 0.05) is 5.54 Å². The van der Waals surface area contributed by atoms with Crippen molar-refractivity contribution in [2.45, 2.75) is 32.2 Å². The van der Waals surface area contributed by atoms with E-state index in [1.54, 1.807) is 0 Å². The summed E-state index contributed by atoms with van der Waals surface area (Å²) in [5.74, 6) is 0.854. The van der Waals surface area contributed by atoms with Crippen LogP contribution in [0.15, 0.2) is 0 Å². The molecule has 0 heterocycles. The number of nitrogens with one attached hydrogen (secondary N) is 1. The Hall–Kier alpha value is -0.0800. The predicted molar refractivity (Wildman–Crippen MR) is 53.4 cm³/mol. The fourth-order valence-electron chi connectivity index (χ4n) is 2.00. The average Bonchev–Trinajstić information content (AvgIpc) is 2.01. The predicted octanol–water partition coefficient (Wildman–Crippen LogP) is 1.33. The quantitative estimate of drug-likeness (QED) is 0.684. The van der Waals surface area contributed by atoms with Gasteiger partial charge in [0.1, 0.15) is 0 Å². The molecular formula is C10H22N2. The first-order chi connectivity index (χ1) is 5.61. The summed E-state index contributed by atoms with van der Waals surface area (Å²) in [6, 6.07) is 0. The van der Waals surface area contributed by atoms with Gasteiger partial charge in [-0.05, 0) is 52.9 Å². The van der Waals surface area contributed by atoms with Crippen LogP contribution in [0.2, 0.25) is 0 Å². The van der Waals surface area contributed by atoms with Crippen LogP contribution >= 0.6 is 0 Å². The fourth-order valence-corrected chi connectivity index (χ4v) is 2.00. The Balaban J connectivity index is 2.36. The summed E-state index contributed by atoms with van der Waals surface area (Å²) in [6.07, 6.45) is 2.75. The van der Waals surface area contributed by atoms with E-state index in [0.29, 0.717) is 5.54 Å². The normalized spacial score (nSPS) is 35.2. The Morgan fingerprint density at radius 2 is 2.17 bits per heavy atom. The Morgan fingerprint density at radius 1 is 1.50 bits per heavy atom. The van der Waals surface area contributed by atoms with Crippen LogP contribution in [0.3, 0.4) is 0 Å². The van der Waals surface area contributed by atoms with E-state index >= 15 is 0 Å². The molecule has 0 aliphatic heterocycles. The van der Waals surface area contributed by atoms with E-state index in [2.05, 4.69) is 38.2 Å². The van der Waals surface area contributed by atoms with Gasteiger partial charge in [-0.2, -0.15) is 0 Å². The van der Waals surface area contributed by atoms with Crippen molar-refractivity contribution in [1.29, 1.82) is 0 Å². The van der Waals surface area contributed by atoms with E-state index in [0.717, 1.165) is 12.5 Å². The number of hydrogen-bond donors (Lipinski definition) is 1. The van der Waals surface area contributed by atoms with Gasteiger partial charge < -0.3 is 10.2 Å². The first kappa shape index (κ1) is 10.0. The van der Waals surface area contributed by atoms with E-state index in [4.69, 9.17) is 0 Å². The summed E-state index contributed by atoms with van der Waals surface area (Å²) >= 11 is 0. The molecule has 0 spiro atoms. The number of hydrogen-bond acceptors (Lipinski definition) is 2. The van der Waals surface area contributed by atoms with Crippen molar-refractivity contribution >= 4 is 0 Å². The molecule has 0 bridgehead atoms. The molecule has 2 heteroatoms. The average molecular weight is 170 g/mol. The first-order valence-corrected chi connectivity index (χ1v) is 4.99. The molecule has 1 fully saturated rings. The lowest BCUT2D eigenvalue weighted by Gasteiger charge is -2.52. The molecule has 0 saturated heterocycles. The first-order valence-electron chi connectivity index (χ1n) is 4.99.